The van der Waals surface area contributed by atoms with E-state index in [2.05, 4.69) is 21.4 Å². The Morgan fingerprint density at radius 3 is 3.00 bits per heavy atom. The highest BCUT2D eigenvalue weighted by atomic mass is 16.5. The van der Waals surface area contributed by atoms with E-state index < -0.39 is 0 Å². The summed E-state index contributed by atoms with van der Waals surface area (Å²) in [5.74, 6) is 0.495. The minimum absolute atomic E-state index is 0.177. The van der Waals surface area contributed by atoms with Crippen molar-refractivity contribution in [2.75, 3.05) is 12.4 Å². The van der Waals surface area contributed by atoms with Crippen LogP contribution in [-0.4, -0.2) is 17.1 Å². The maximum atomic E-state index is 12.1. The molecule has 0 fully saturated rings. The molecule has 0 saturated heterocycles. The molecule has 2 aromatic heterocycles. The summed E-state index contributed by atoms with van der Waals surface area (Å²) in [6.07, 6.45) is 1.64. The molecule has 0 unspecified atom stereocenters. The number of nitriles is 1. The van der Waals surface area contributed by atoms with Crippen molar-refractivity contribution in [1.82, 2.24) is 9.97 Å². The van der Waals surface area contributed by atoms with E-state index in [-0.39, 0.29) is 5.56 Å². The van der Waals surface area contributed by atoms with Gasteiger partial charge in [0.25, 0.3) is 5.56 Å². The zero-order valence-corrected chi connectivity index (χ0v) is 12.5. The lowest BCUT2D eigenvalue weighted by Crippen LogP contribution is -2.16. The second-order valence-electron chi connectivity index (χ2n) is 4.95. The predicted molar refractivity (Wildman–Crippen MR) is 87.4 cm³/mol. The van der Waals surface area contributed by atoms with Crippen LogP contribution >= 0.6 is 0 Å². The van der Waals surface area contributed by atoms with Gasteiger partial charge in [-0.25, -0.2) is 4.98 Å². The summed E-state index contributed by atoms with van der Waals surface area (Å²) in [4.78, 5) is 19.0. The average molecular weight is 306 g/mol. The molecule has 114 valence electrons. The normalized spacial score (nSPS) is 10.3. The van der Waals surface area contributed by atoms with Gasteiger partial charge >= 0.3 is 0 Å². The SMILES string of the molecule is COc1cc(NCc2cc3cccnc3[nH]c2=O)ccc1C#N. The first-order valence-electron chi connectivity index (χ1n) is 7.00. The molecule has 3 rings (SSSR count). The van der Waals surface area contributed by atoms with Gasteiger partial charge < -0.3 is 15.0 Å². The zero-order chi connectivity index (χ0) is 16.2. The smallest absolute Gasteiger partial charge is 0.254 e. The van der Waals surface area contributed by atoms with E-state index in [4.69, 9.17) is 10.00 Å². The van der Waals surface area contributed by atoms with Crippen LogP contribution in [0.15, 0.2) is 47.4 Å². The van der Waals surface area contributed by atoms with E-state index in [1.807, 2.05) is 18.2 Å². The van der Waals surface area contributed by atoms with Gasteiger partial charge in [0, 0.05) is 35.4 Å². The largest absolute Gasteiger partial charge is 0.495 e. The van der Waals surface area contributed by atoms with Gasteiger partial charge in [-0.3, -0.25) is 4.79 Å². The number of aromatic amines is 1. The molecule has 0 radical (unpaired) electrons. The third-order valence-corrected chi connectivity index (χ3v) is 3.50. The first-order chi connectivity index (χ1) is 11.2. The fourth-order valence-corrected chi connectivity index (χ4v) is 2.30. The first-order valence-corrected chi connectivity index (χ1v) is 7.00. The molecule has 2 N–H and O–H groups in total. The van der Waals surface area contributed by atoms with Crippen LogP contribution in [0.25, 0.3) is 11.0 Å². The van der Waals surface area contributed by atoms with Crippen molar-refractivity contribution in [2.45, 2.75) is 6.54 Å². The molecule has 0 saturated carbocycles. The Labute approximate surface area is 132 Å². The topological polar surface area (TPSA) is 90.8 Å². The molecule has 0 spiro atoms. The highest BCUT2D eigenvalue weighted by molar-refractivity contribution is 5.74. The molecule has 0 bridgehead atoms. The number of nitrogens with zero attached hydrogens (tertiary/aromatic N) is 2. The lowest BCUT2D eigenvalue weighted by molar-refractivity contribution is 0.413. The van der Waals surface area contributed by atoms with Crippen LogP contribution in [0, 0.1) is 11.3 Å². The number of nitrogens with one attached hydrogen (secondary N) is 2. The maximum absolute atomic E-state index is 12.1. The van der Waals surface area contributed by atoms with Crippen molar-refractivity contribution in [3.05, 3.63) is 64.1 Å². The Hall–Kier alpha value is -3.33. The minimum atomic E-state index is -0.177. The molecule has 23 heavy (non-hydrogen) atoms. The number of hydrogen-bond acceptors (Lipinski definition) is 5. The lowest BCUT2D eigenvalue weighted by atomic mass is 10.1. The fraction of sp³-hybridized carbons (Fsp3) is 0.118. The van der Waals surface area contributed by atoms with Crippen LogP contribution in [0.1, 0.15) is 11.1 Å². The molecule has 0 aliphatic carbocycles. The number of methoxy groups -OCH3 is 1. The van der Waals surface area contributed by atoms with Crippen molar-refractivity contribution < 1.29 is 4.74 Å². The summed E-state index contributed by atoms with van der Waals surface area (Å²) in [7, 11) is 1.51. The third-order valence-electron chi connectivity index (χ3n) is 3.50. The number of ether oxygens (including phenoxy) is 1. The standard InChI is InChI=1S/C17H14N4O2/c1-23-15-8-14(5-4-12(15)9-18)20-10-13-7-11-3-2-6-19-16(11)21-17(13)22/h2-8,20H,10H2,1H3,(H,19,21,22). The molecule has 0 aliphatic heterocycles. The number of aromatic nitrogens is 2. The van der Waals surface area contributed by atoms with Gasteiger partial charge in [-0.15, -0.1) is 0 Å². The Balaban J connectivity index is 1.85. The quantitative estimate of drug-likeness (QED) is 0.772. The lowest BCUT2D eigenvalue weighted by Gasteiger charge is -2.09. The van der Waals surface area contributed by atoms with Crippen LogP contribution in [0.5, 0.6) is 5.75 Å². The van der Waals surface area contributed by atoms with Crippen molar-refractivity contribution in [1.29, 1.82) is 5.26 Å². The van der Waals surface area contributed by atoms with Gasteiger partial charge in [-0.05, 0) is 30.3 Å². The summed E-state index contributed by atoms with van der Waals surface area (Å²) in [6, 6.07) is 12.8. The molecule has 2 heterocycles. The Kier molecular flexibility index (Phi) is 3.93. The molecule has 0 aliphatic rings. The number of pyridine rings is 2. The Bertz CT molecular complexity index is 957. The van der Waals surface area contributed by atoms with E-state index >= 15 is 0 Å². The number of fused-ring (bicyclic) bond motifs is 1. The summed E-state index contributed by atoms with van der Waals surface area (Å²) in [5.41, 5.74) is 2.23. The van der Waals surface area contributed by atoms with Gasteiger partial charge in [0.15, 0.2) is 0 Å². The molecule has 0 atom stereocenters. The summed E-state index contributed by atoms with van der Waals surface area (Å²) < 4.78 is 5.17. The number of hydrogen-bond donors (Lipinski definition) is 2. The highest BCUT2D eigenvalue weighted by Gasteiger charge is 2.06. The van der Waals surface area contributed by atoms with Gasteiger partial charge in [0.05, 0.1) is 12.7 Å². The van der Waals surface area contributed by atoms with Gasteiger partial charge in [0.1, 0.15) is 17.5 Å². The number of H-pyrrole nitrogens is 1. The van der Waals surface area contributed by atoms with E-state index in [0.717, 1.165) is 11.1 Å². The maximum Gasteiger partial charge on any atom is 0.254 e. The van der Waals surface area contributed by atoms with Crippen LogP contribution in [0.2, 0.25) is 0 Å². The second-order valence-corrected chi connectivity index (χ2v) is 4.95. The molecule has 3 aromatic rings. The highest BCUT2D eigenvalue weighted by Crippen LogP contribution is 2.22. The number of anilines is 1. The van der Waals surface area contributed by atoms with E-state index in [0.29, 0.717) is 29.1 Å². The number of benzene rings is 1. The van der Waals surface area contributed by atoms with Crippen molar-refractivity contribution in [3.8, 4) is 11.8 Å². The molecule has 0 amide bonds. The monoisotopic (exact) mass is 306 g/mol. The second kappa shape index (κ2) is 6.20. The molecule has 6 heteroatoms. The summed E-state index contributed by atoms with van der Waals surface area (Å²) >= 11 is 0. The van der Waals surface area contributed by atoms with E-state index in [1.54, 1.807) is 24.4 Å². The van der Waals surface area contributed by atoms with Crippen molar-refractivity contribution in [2.24, 2.45) is 0 Å². The molecule has 1 aromatic carbocycles. The molecular formula is C17H14N4O2. The van der Waals surface area contributed by atoms with Crippen LogP contribution in [0.4, 0.5) is 5.69 Å². The summed E-state index contributed by atoms with van der Waals surface area (Å²) in [6.45, 7) is 0.356. The average Bonchev–Trinajstić information content (AvgIpc) is 2.59. The van der Waals surface area contributed by atoms with Crippen molar-refractivity contribution in [3.63, 3.8) is 0 Å². The number of rotatable bonds is 4. The third kappa shape index (κ3) is 2.99. The van der Waals surface area contributed by atoms with Gasteiger partial charge in [-0.1, -0.05) is 0 Å². The van der Waals surface area contributed by atoms with Gasteiger partial charge in [0.2, 0.25) is 0 Å². The Morgan fingerprint density at radius 2 is 2.22 bits per heavy atom. The summed E-state index contributed by atoms with van der Waals surface area (Å²) in [5, 5.41) is 13.0. The van der Waals surface area contributed by atoms with E-state index in [9.17, 15) is 4.79 Å². The first kappa shape index (κ1) is 14.6. The molecule has 6 nitrogen and oxygen atoms in total. The van der Waals surface area contributed by atoms with Crippen molar-refractivity contribution >= 4 is 16.7 Å². The van der Waals surface area contributed by atoms with E-state index in [1.165, 1.54) is 7.11 Å². The van der Waals surface area contributed by atoms with Crippen LogP contribution in [0.3, 0.4) is 0 Å². The zero-order valence-electron chi connectivity index (χ0n) is 12.5. The minimum Gasteiger partial charge on any atom is -0.495 e. The van der Waals surface area contributed by atoms with Crippen LogP contribution < -0.4 is 15.6 Å². The predicted octanol–water partition coefficient (Wildman–Crippen LogP) is 2.42. The Morgan fingerprint density at radius 1 is 1.35 bits per heavy atom. The fourth-order valence-electron chi connectivity index (χ4n) is 2.30. The van der Waals surface area contributed by atoms with Gasteiger partial charge in [-0.2, -0.15) is 5.26 Å². The van der Waals surface area contributed by atoms with Crippen LogP contribution in [-0.2, 0) is 6.54 Å². The molecular weight excluding hydrogens is 292 g/mol.